The van der Waals surface area contributed by atoms with E-state index in [1.54, 1.807) is 6.92 Å². The molecule has 0 saturated heterocycles. The van der Waals surface area contributed by atoms with Crippen LogP contribution >= 0.6 is 11.6 Å². The number of rotatable bonds is 6. The van der Waals surface area contributed by atoms with Gasteiger partial charge in [-0.1, -0.05) is 11.6 Å². The smallest absolute Gasteiger partial charge is 0.269 e. The first-order valence-corrected chi connectivity index (χ1v) is 9.30. The normalized spacial score (nSPS) is 12.4. The van der Waals surface area contributed by atoms with E-state index in [1.807, 2.05) is 0 Å². The summed E-state index contributed by atoms with van der Waals surface area (Å²) in [6.45, 7) is 2.99. The van der Waals surface area contributed by atoms with Gasteiger partial charge < -0.3 is 5.32 Å². The van der Waals surface area contributed by atoms with E-state index in [2.05, 4.69) is 10.0 Å². The quantitative estimate of drug-likeness (QED) is 0.573. The molecule has 8 nitrogen and oxygen atoms in total. The molecule has 26 heavy (non-hydrogen) atoms. The monoisotopic (exact) mass is 397 g/mol. The van der Waals surface area contributed by atoms with E-state index in [9.17, 15) is 23.3 Å². The van der Waals surface area contributed by atoms with Gasteiger partial charge in [-0.25, -0.2) is 8.42 Å². The van der Waals surface area contributed by atoms with Crippen molar-refractivity contribution in [2.75, 3.05) is 5.32 Å². The molecule has 0 aliphatic heterocycles. The molecule has 2 aromatic carbocycles. The van der Waals surface area contributed by atoms with Gasteiger partial charge in [0.05, 0.1) is 15.9 Å². The molecule has 1 atom stereocenters. The molecule has 0 fully saturated rings. The molecule has 2 rings (SSSR count). The molecule has 1 unspecified atom stereocenters. The second-order valence-corrected chi connectivity index (χ2v) is 7.69. The summed E-state index contributed by atoms with van der Waals surface area (Å²) in [6, 6.07) is 8.42. The summed E-state index contributed by atoms with van der Waals surface area (Å²) in [7, 11) is -3.90. The lowest BCUT2D eigenvalue weighted by Crippen LogP contribution is -2.41. The summed E-state index contributed by atoms with van der Waals surface area (Å²) in [5, 5.41) is 13.7. The van der Waals surface area contributed by atoms with Crippen molar-refractivity contribution in [3.05, 3.63) is 63.2 Å². The first-order valence-electron chi connectivity index (χ1n) is 7.44. The van der Waals surface area contributed by atoms with Crippen molar-refractivity contribution in [2.45, 2.75) is 24.8 Å². The average molecular weight is 398 g/mol. The predicted molar refractivity (Wildman–Crippen MR) is 97.7 cm³/mol. The molecule has 2 aromatic rings. The van der Waals surface area contributed by atoms with Crippen LogP contribution in [0.3, 0.4) is 0 Å². The zero-order valence-corrected chi connectivity index (χ0v) is 15.5. The fourth-order valence-electron chi connectivity index (χ4n) is 2.11. The van der Waals surface area contributed by atoms with Gasteiger partial charge >= 0.3 is 0 Å². The Morgan fingerprint density at radius 2 is 1.81 bits per heavy atom. The lowest BCUT2D eigenvalue weighted by Gasteiger charge is -2.15. The van der Waals surface area contributed by atoms with Crippen LogP contribution < -0.4 is 10.0 Å². The highest BCUT2D eigenvalue weighted by atomic mass is 35.5. The minimum atomic E-state index is -3.90. The number of anilines is 1. The Balaban J connectivity index is 2.10. The van der Waals surface area contributed by atoms with Gasteiger partial charge in [0, 0.05) is 22.8 Å². The number of carbonyl (C=O) groups excluding carboxylic acids is 1. The zero-order valence-electron chi connectivity index (χ0n) is 13.9. The van der Waals surface area contributed by atoms with Crippen LogP contribution in [0.1, 0.15) is 12.5 Å². The molecule has 0 aliphatic rings. The van der Waals surface area contributed by atoms with Crippen LogP contribution in [0.15, 0.2) is 47.4 Å². The van der Waals surface area contributed by atoms with Crippen LogP contribution in [0.4, 0.5) is 11.4 Å². The minimum absolute atomic E-state index is 0.0203. The van der Waals surface area contributed by atoms with Gasteiger partial charge in [-0.3, -0.25) is 14.9 Å². The van der Waals surface area contributed by atoms with Crippen molar-refractivity contribution in [1.82, 2.24) is 4.72 Å². The highest BCUT2D eigenvalue weighted by molar-refractivity contribution is 7.89. The molecule has 2 N–H and O–H groups in total. The number of sulfonamides is 1. The second kappa shape index (κ2) is 7.81. The standard InChI is InChI=1S/C16H16ClN3O5S/c1-10-9-13(20(22)23)5-8-15(10)18-16(21)11(2)19-26(24,25)14-6-3-12(17)4-7-14/h3-9,11,19H,1-2H3,(H,18,21). The summed E-state index contributed by atoms with van der Waals surface area (Å²) in [5.74, 6) is -0.598. The van der Waals surface area contributed by atoms with Gasteiger partial charge in [0.15, 0.2) is 0 Å². The number of nitrogens with zero attached hydrogens (tertiary/aromatic N) is 1. The third kappa shape index (κ3) is 4.78. The summed E-state index contributed by atoms with van der Waals surface area (Å²) in [4.78, 5) is 22.4. The highest BCUT2D eigenvalue weighted by Crippen LogP contribution is 2.21. The van der Waals surface area contributed by atoms with Crippen LogP contribution in [0.2, 0.25) is 5.02 Å². The van der Waals surface area contributed by atoms with Crippen LogP contribution in [0.5, 0.6) is 0 Å². The molecule has 0 spiro atoms. The van der Waals surface area contributed by atoms with Gasteiger partial charge in [0.2, 0.25) is 15.9 Å². The average Bonchev–Trinajstić information content (AvgIpc) is 2.56. The molecule has 0 radical (unpaired) electrons. The van der Waals surface area contributed by atoms with Crippen molar-refractivity contribution >= 4 is 38.9 Å². The number of nitro benzene ring substituents is 1. The largest absolute Gasteiger partial charge is 0.324 e. The van der Waals surface area contributed by atoms with Crippen LogP contribution in [-0.2, 0) is 14.8 Å². The Kier molecular flexibility index (Phi) is 5.96. The lowest BCUT2D eigenvalue weighted by atomic mass is 10.1. The Labute approximate surface area is 155 Å². The van der Waals surface area contributed by atoms with Gasteiger partial charge in [-0.15, -0.1) is 0 Å². The SMILES string of the molecule is Cc1cc([N+](=O)[O-])ccc1NC(=O)C(C)NS(=O)(=O)c1ccc(Cl)cc1. The number of nitrogens with one attached hydrogen (secondary N) is 2. The number of amides is 1. The highest BCUT2D eigenvalue weighted by Gasteiger charge is 2.22. The molecule has 10 heteroatoms. The molecular weight excluding hydrogens is 382 g/mol. The fourth-order valence-corrected chi connectivity index (χ4v) is 3.44. The first-order chi connectivity index (χ1) is 12.1. The Bertz CT molecular complexity index is 945. The van der Waals surface area contributed by atoms with Gasteiger partial charge in [0.1, 0.15) is 0 Å². The van der Waals surface area contributed by atoms with Crippen molar-refractivity contribution in [3.8, 4) is 0 Å². The van der Waals surface area contributed by atoms with E-state index in [4.69, 9.17) is 11.6 Å². The maximum atomic E-state index is 12.3. The van der Waals surface area contributed by atoms with Crippen LogP contribution in [-0.4, -0.2) is 25.3 Å². The van der Waals surface area contributed by atoms with E-state index in [0.29, 0.717) is 16.3 Å². The van der Waals surface area contributed by atoms with Gasteiger partial charge in [0.25, 0.3) is 5.69 Å². The maximum Gasteiger partial charge on any atom is 0.269 e. The molecular formula is C16H16ClN3O5S. The van der Waals surface area contributed by atoms with Gasteiger partial charge in [-0.05, 0) is 49.7 Å². The number of carbonyl (C=O) groups is 1. The van der Waals surface area contributed by atoms with Crippen molar-refractivity contribution in [2.24, 2.45) is 0 Å². The molecule has 0 aromatic heterocycles. The molecule has 0 bridgehead atoms. The zero-order chi connectivity index (χ0) is 19.5. The number of aryl methyl sites for hydroxylation is 1. The molecule has 0 saturated carbocycles. The summed E-state index contributed by atoms with van der Waals surface area (Å²) >= 11 is 5.73. The number of benzene rings is 2. The fraction of sp³-hybridized carbons (Fsp3) is 0.188. The Morgan fingerprint density at radius 1 is 1.19 bits per heavy atom. The second-order valence-electron chi connectivity index (χ2n) is 5.54. The van der Waals surface area contributed by atoms with E-state index >= 15 is 0 Å². The number of halogens is 1. The molecule has 0 heterocycles. The van der Waals surface area contributed by atoms with Crippen LogP contribution in [0.25, 0.3) is 0 Å². The van der Waals surface area contributed by atoms with Crippen molar-refractivity contribution < 1.29 is 18.1 Å². The third-order valence-corrected chi connectivity index (χ3v) is 5.34. The lowest BCUT2D eigenvalue weighted by molar-refractivity contribution is -0.384. The van der Waals surface area contributed by atoms with Crippen molar-refractivity contribution in [1.29, 1.82) is 0 Å². The van der Waals surface area contributed by atoms with E-state index in [-0.39, 0.29) is 10.6 Å². The molecule has 1 amide bonds. The Hall–Kier alpha value is -2.49. The number of hydrogen-bond acceptors (Lipinski definition) is 5. The van der Waals surface area contributed by atoms with Crippen LogP contribution in [0, 0.1) is 17.0 Å². The van der Waals surface area contributed by atoms with E-state index in [1.165, 1.54) is 49.4 Å². The number of hydrogen-bond donors (Lipinski definition) is 2. The number of non-ortho nitro benzene ring substituents is 1. The van der Waals surface area contributed by atoms with Crippen molar-refractivity contribution in [3.63, 3.8) is 0 Å². The maximum absolute atomic E-state index is 12.3. The number of nitro groups is 1. The topological polar surface area (TPSA) is 118 Å². The first kappa shape index (κ1) is 19.8. The van der Waals surface area contributed by atoms with E-state index < -0.39 is 26.9 Å². The van der Waals surface area contributed by atoms with Gasteiger partial charge in [-0.2, -0.15) is 4.72 Å². The molecule has 0 aliphatic carbocycles. The predicted octanol–water partition coefficient (Wildman–Crippen LogP) is 2.86. The molecule has 138 valence electrons. The summed E-state index contributed by atoms with van der Waals surface area (Å²) < 4.78 is 26.8. The Morgan fingerprint density at radius 3 is 2.35 bits per heavy atom. The summed E-state index contributed by atoms with van der Waals surface area (Å²) in [5.41, 5.74) is 0.746. The third-order valence-electron chi connectivity index (χ3n) is 3.53. The minimum Gasteiger partial charge on any atom is -0.324 e. The summed E-state index contributed by atoms with van der Waals surface area (Å²) in [6.07, 6.45) is 0. The van der Waals surface area contributed by atoms with E-state index in [0.717, 1.165) is 0 Å².